The summed E-state index contributed by atoms with van der Waals surface area (Å²) in [7, 11) is 2.12. The Kier molecular flexibility index (Phi) is 3.95. The second-order valence-electron chi connectivity index (χ2n) is 6.28. The molecule has 0 radical (unpaired) electrons. The maximum absolute atomic E-state index is 12.7. The van der Waals surface area contributed by atoms with Crippen molar-refractivity contribution in [2.45, 2.75) is 20.0 Å². The lowest BCUT2D eigenvalue weighted by Gasteiger charge is -2.19. The van der Waals surface area contributed by atoms with Gasteiger partial charge in [-0.05, 0) is 33.0 Å². The number of amides is 1. The van der Waals surface area contributed by atoms with Gasteiger partial charge in [0.15, 0.2) is 0 Å². The highest BCUT2D eigenvalue weighted by molar-refractivity contribution is 5.94. The quantitative estimate of drug-likeness (QED) is 0.777. The van der Waals surface area contributed by atoms with Crippen LogP contribution in [0.3, 0.4) is 0 Å². The number of likely N-dealkylation sites (N-methyl/N-ethyl adjacent to an activating group) is 1. The number of hydrogen-bond acceptors (Lipinski definition) is 4. The van der Waals surface area contributed by atoms with E-state index in [-0.39, 0.29) is 12.0 Å². The molecule has 0 aromatic carbocycles. The van der Waals surface area contributed by atoms with Gasteiger partial charge >= 0.3 is 0 Å². The number of pyridine rings is 1. The lowest BCUT2D eigenvalue weighted by molar-refractivity contribution is 0.0487. The monoisotopic (exact) mass is 289 g/mol. The predicted molar refractivity (Wildman–Crippen MR) is 80.3 cm³/mol. The second-order valence-corrected chi connectivity index (χ2v) is 6.28. The molecule has 114 valence electrons. The first-order valence-corrected chi connectivity index (χ1v) is 7.57. The Morgan fingerprint density at radius 3 is 2.67 bits per heavy atom. The molecule has 0 N–H and O–H groups in total. The largest absolute Gasteiger partial charge is 0.375 e. The number of aryl methyl sites for hydroxylation is 2. The highest BCUT2D eigenvalue weighted by atomic mass is 16.5. The highest BCUT2D eigenvalue weighted by Crippen LogP contribution is 2.24. The summed E-state index contributed by atoms with van der Waals surface area (Å²) in [5.41, 5.74) is 2.52. The standard InChI is InChI=1S/C16H23N3O2/c1-11-6-13(7-12(2)17-11)16(20)19-9-14-8-18(3)4-5-21-15(14)10-19/h6-7,14-15H,4-5,8-10H2,1-3H3/t14-,15+/m0/s1. The minimum absolute atomic E-state index is 0.0999. The van der Waals surface area contributed by atoms with E-state index in [0.29, 0.717) is 12.5 Å². The molecule has 2 aliphatic rings. The highest BCUT2D eigenvalue weighted by Gasteiger charge is 2.38. The molecule has 1 amide bonds. The van der Waals surface area contributed by atoms with Gasteiger partial charge in [-0.1, -0.05) is 0 Å². The molecule has 5 heteroatoms. The van der Waals surface area contributed by atoms with Crippen LogP contribution in [0.4, 0.5) is 0 Å². The summed E-state index contributed by atoms with van der Waals surface area (Å²) in [5, 5.41) is 0. The van der Waals surface area contributed by atoms with E-state index >= 15 is 0 Å². The molecule has 0 bridgehead atoms. The fraction of sp³-hybridized carbons (Fsp3) is 0.625. The second kappa shape index (κ2) is 5.73. The van der Waals surface area contributed by atoms with E-state index in [1.54, 1.807) is 0 Å². The number of nitrogens with zero attached hydrogens (tertiary/aromatic N) is 3. The number of carbonyl (C=O) groups is 1. The number of likely N-dealkylation sites (tertiary alicyclic amines) is 1. The normalized spacial score (nSPS) is 26.5. The van der Waals surface area contributed by atoms with Gasteiger partial charge in [-0.3, -0.25) is 9.78 Å². The molecule has 2 fully saturated rings. The molecule has 3 rings (SSSR count). The lowest BCUT2D eigenvalue weighted by atomic mass is 10.1. The topological polar surface area (TPSA) is 45.7 Å². The van der Waals surface area contributed by atoms with Crippen molar-refractivity contribution in [3.05, 3.63) is 29.1 Å². The molecule has 2 aliphatic heterocycles. The Balaban J connectivity index is 1.74. The van der Waals surface area contributed by atoms with Crippen LogP contribution >= 0.6 is 0 Å². The van der Waals surface area contributed by atoms with Gasteiger partial charge in [0.25, 0.3) is 5.91 Å². The molecule has 0 aliphatic carbocycles. The first-order valence-electron chi connectivity index (χ1n) is 7.57. The summed E-state index contributed by atoms with van der Waals surface area (Å²) < 4.78 is 5.91. The number of fused-ring (bicyclic) bond motifs is 1. The van der Waals surface area contributed by atoms with Crippen molar-refractivity contribution in [1.29, 1.82) is 0 Å². The van der Waals surface area contributed by atoms with Crippen LogP contribution in [0, 0.1) is 19.8 Å². The van der Waals surface area contributed by atoms with Gasteiger partial charge in [0.1, 0.15) is 0 Å². The van der Waals surface area contributed by atoms with E-state index in [2.05, 4.69) is 16.9 Å². The third-order valence-corrected chi connectivity index (χ3v) is 4.35. The predicted octanol–water partition coefficient (Wildman–Crippen LogP) is 1.10. The average molecular weight is 289 g/mol. The number of hydrogen-bond donors (Lipinski definition) is 0. The van der Waals surface area contributed by atoms with Crippen LogP contribution in [0.25, 0.3) is 0 Å². The zero-order chi connectivity index (χ0) is 15.0. The summed E-state index contributed by atoms with van der Waals surface area (Å²) in [4.78, 5) is 21.3. The number of carbonyl (C=O) groups excluding carboxylic acids is 1. The van der Waals surface area contributed by atoms with Gasteiger partial charge in [0.2, 0.25) is 0 Å². The van der Waals surface area contributed by atoms with Gasteiger partial charge in [0.05, 0.1) is 12.7 Å². The van der Waals surface area contributed by atoms with Crippen molar-refractivity contribution in [1.82, 2.24) is 14.8 Å². The van der Waals surface area contributed by atoms with E-state index in [1.807, 2.05) is 30.9 Å². The summed E-state index contributed by atoms with van der Waals surface area (Å²) in [6.07, 6.45) is 0.183. The van der Waals surface area contributed by atoms with Crippen molar-refractivity contribution in [2.75, 3.05) is 39.8 Å². The summed E-state index contributed by atoms with van der Waals surface area (Å²) in [5.74, 6) is 0.522. The van der Waals surface area contributed by atoms with Gasteiger partial charge in [0, 0.05) is 49.0 Å². The van der Waals surface area contributed by atoms with Crippen LogP contribution in [-0.4, -0.2) is 66.6 Å². The summed E-state index contributed by atoms with van der Waals surface area (Å²) in [6, 6.07) is 3.74. The fourth-order valence-electron chi connectivity index (χ4n) is 3.36. The van der Waals surface area contributed by atoms with Gasteiger partial charge < -0.3 is 14.5 Å². The van der Waals surface area contributed by atoms with E-state index < -0.39 is 0 Å². The molecule has 1 aromatic rings. The van der Waals surface area contributed by atoms with Crippen molar-refractivity contribution in [3.63, 3.8) is 0 Å². The minimum atomic E-state index is 0.0999. The molecular weight excluding hydrogens is 266 g/mol. The van der Waals surface area contributed by atoms with Crippen LogP contribution in [-0.2, 0) is 4.74 Å². The van der Waals surface area contributed by atoms with Crippen molar-refractivity contribution >= 4 is 5.91 Å². The molecule has 5 nitrogen and oxygen atoms in total. The molecule has 1 aromatic heterocycles. The maximum Gasteiger partial charge on any atom is 0.254 e. The van der Waals surface area contributed by atoms with Crippen LogP contribution in [0.15, 0.2) is 12.1 Å². The summed E-state index contributed by atoms with van der Waals surface area (Å²) in [6.45, 7) is 8.08. The first kappa shape index (κ1) is 14.5. The Bertz CT molecular complexity index is 526. The zero-order valence-corrected chi connectivity index (χ0v) is 13.0. The van der Waals surface area contributed by atoms with Crippen LogP contribution < -0.4 is 0 Å². The van der Waals surface area contributed by atoms with Gasteiger partial charge in [-0.2, -0.15) is 0 Å². The zero-order valence-electron chi connectivity index (χ0n) is 13.0. The van der Waals surface area contributed by atoms with Crippen LogP contribution in [0.5, 0.6) is 0 Å². The molecule has 0 spiro atoms. The SMILES string of the molecule is Cc1cc(C(=O)N2C[C@@H]3CN(C)CCO[C@@H]3C2)cc(C)n1. The van der Waals surface area contributed by atoms with Crippen LogP contribution in [0.1, 0.15) is 21.7 Å². The van der Waals surface area contributed by atoms with E-state index in [4.69, 9.17) is 4.74 Å². The van der Waals surface area contributed by atoms with Gasteiger partial charge in [-0.25, -0.2) is 0 Å². The van der Waals surface area contributed by atoms with Gasteiger partial charge in [-0.15, -0.1) is 0 Å². The number of aromatic nitrogens is 1. The molecule has 0 unspecified atom stereocenters. The van der Waals surface area contributed by atoms with Crippen molar-refractivity contribution < 1.29 is 9.53 Å². The Hall–Kier alpha value is -1.46. The molecule has 2 saturated heterocycles. The minimum Gasteiger partial charge on any atom is -0.375 e. The van der Waals surface area contributed by atoms with E-state index in [1.165, 1.54) is 0 Å². The smallest absolute Gasteiger partial charge is 0.254 e. The molecule has 3 heterocycles. The third kappa shape index (κ3) is 3.09. The first-order chi connectivity index (χ1) is 10.0. The van der Waals surface area contributed by atoms with Crippen molar-refractivity contribution in [2.24, 2.45) is 5.92 Å². The summed E-state index contributed by atoms with van der Waals surface area (Å²) >= 11 is 0. The Morgan fingerprint density at radius 1 is 1.24 bits per heavy atom. The molecule has 21 heavy (non-hydrogen) atoms. The van der Waals surface area contributed by atoms with Crippen molar-refractivity contribution in [3.8, 4) is 0 Å². The van der Waals surface area contributed by atoms with Crippen LogP contribution in [0.2, 0.25) is 0 Å². The lowest BCUT2D eigenvalue weighted by Crippen LogP contribution is -2.32. The Labute approximate surface area is 125 Å². The maximum atomic E-state index is 12.7. The van der Waals surface area contributed by atoms with E-state index in [0.717, 1.165) is 43.2 Å². The average Bonchev–Trinajstić information content (AvgIpc) is 2.72. The molecule has 0 saturated carbocycles. The molecular formula is C16H23N3O2. The number of ether oxygens (including phenoxy) is 1. The Morgan fingerprint density at radius 2 is 1.95 bits per heavy atom. The number of rotatable bonds is 1. The molecule has 2 atom stereocenters. The van der Waals surface area contributed by atoms with E-state index in [9.17, 15) is 4.79 Å². The fourth-order valence-corrected chi connectivity index (χ4v) is 3.36. The third-order valence-electron chi connectivity index (χ3n) is 4.35.